The van der Waals surface area contributed by atoms with E-state index in [1.54, 1.807) is 12.1 Å². The maximum atomic E-state index is 13.4. The van der Waals surface area contributed by atoms with Crippen molar-refractivity contribution in [3.05, 3.63) is 72.3 Å². The van der Waals surface area contributed by atoms with E-state index in [1.807, 2.05) is 0 Å². The molecule has 1 aliphatic carbocycles. The minimum Gasteiger partial charge on any atom is -0.443 e. The van der Waals surface area contributed by atoms with Gasteiger partial charge in [0.05, 0.1) is 12.2 Å². The van der Waals surface area contributed by atoms with Crippen LogP contribution in [-0.4, -0.2) is 34.8 Å². The van der Waals surface area contributed by atoms with Crippen molar-refractivity contribution < 1.29 is 35.2 Å². The summed E-state index contributed by atoms with van der Waals surface area (Å²) >= 11 is 0. The molecule has 0 saturated heterocycles. The quantitative estimate of drug-likeness (QED) is 0.347. The Hall–Kier alpha value is -3.91. The highest BCUT2D eigenvalue weighted by Crippen LogP contribution is 2.38. The molecule has 1 amide bonds. The molecule has 14 heteroatoms. The molecule has 2 N–H and O–H groups in total. The van der Waals surface area contributed by atoms with Gasteiger partial charge >= 0.3 is 6.18 Å². The molecule has 1 fully saturated rings. The summed E-state index contributed by atoms with van der Waals surface area (Å²) < 4.78 is 84.9. The number of fused-ring (bicyclic) bond motifs is 1. The third-order valence-electron chi connectivity index (χ3n) is 5.72. The normalized spacial score (nSPS) is 15.0. The summed E-state index contributed by atoms with van der Waals surface area (Å²) in [7, 11) is -4.22. The molecule has 1 aromatic carbocycles. The number of carbonyl (C=O) groups excluding carboxylic acids is 1. The van der Waals surface area contributed by atoms with Gasteiger partial charge in [0, 0.05) is 35.6 Å². The highest BCUT2D eigenvalue weighted by atomic mass is 32.2. The van der Waals surface area contributed by atoms with Crippen LogP contribution in [0.15, 0.2) is 64.5 Å². The number of halogens is 4. The fraction of sp³-hybridized carbons (Fsp3) is 0.217. The number of amides is 1. The van der Waals surface area contributed by atoms with Gasteiger partial charge in [-0.05, 0) is 48.7 Å². The van der Waals surface area contributed by atoms with Crippen molar-refractivity contribution in [2.24, 2.45) is 0 Å². The van der Waals surface area contributed by atoms with Crippen LogP contribution in [0.3, 0.4) is 0 Å². The summed E-state index contributed by atoms with van der Waals surface area (Å²) in [4.78, 5) is 23.6. The molecule has 0 bridgehead atoms. The number of nitrogens with zero attached hydrogens (tertiary/aromatic N) is 3. The molecule has 1 aliphatic rings. The van der Waals surface area contributed by atoms with Crippen LogP contribution in [0.25, 0.3) is 22.1 Å². The van der Waals surface area contributed by atoms with Gasteiger partial charge in [0.15, 0.2) is 0 Å². The van der Waals surface area contributed by atoms with Crippen molar-refractivity contribution in [2.45, 2.75) is 36.2 Å². The van der Waals surface area contributed by atoms with E-state index in [0.717, 1.165) is 24.5 Å². The summed E-state index contributed by atoms with van der Waals surface area (Å²) in [6, 6.07) is 7.85. The van der Waals surface area contributed by atoms with Gasteiger partial charge < -0.3 is 9.73 Å². The summed E-state index contributed by atoms with van der Waals surface area (Å²) in [5.41, 5.74) is -0.0116. The van der Waals surface area contributed by atoms with Crippen molar-refractivity contribution in [3.63, 3.8) is 0 Å². The lowest BCUT2D eigenvalue weighted by Gasteiger charge is -2.16. The lowest BCUT2D eigenvalue weighted by atomic mass is 10.1. The topological polar surface area (TPSA) is 127 Å². The number of nitrogens with one attached hydrogen (secondary N) is 2. The van der Waals surface area contributed by atoms with Gasteiger partial charge in [0.2, 0.25) is 16.8 Å². The smallest absolute Gasteiger partial charge is 0.443 e. The standard InChI is InChI=1S/C23H17F4N5O4S/c24-16-1-2-18-14(7-16)9-19(36-18)37(34,35)32-22(4-5-22)21(33)31-12-17-8-13(3-6-28-17)15-10-29-20(30-11-15)23(25,26)27/h1-3,6-11,32H,4-5,12H2,(H,31,33). The zero-order valence-corrected chi connectivity index (χ0v) is 19.5. The van der Waals surface area contributed by atoms with Crippen molar-refractivity contribution in [1.82, 2.24) is 25.0 Å². The van der Waals surface area contributed by atoms with Crippen LogP contribution in [0.2, 0.25) is 0 Å². The fourth-order valence-electron chi connectivity index (χ4n) is 3.65. The first-order chi connectivity index (χ1) is 17.5. The highest BCUT2D eigenvalue weighted by molar-refractivity contribution is 7.89. The Morgan fingerprint density at radius 1 is 1.03 bits per heavy atom. The van der Waals surface area contributed by atoms with Gasteiger partial charge in [-0.3, -0.25) is 9.78 Å². The van der Waals surface area contributed by atoms with Crippen LogP contribution in [0, 0.1) is 5.82 Å². The second-order valence-electron chi connectivity index (χ2n) is 8.45. The number of rotatable bonds is 7. The van der Waals surface area contributed by atoms with Gasteiger partial charge in [-0.1, -0.05) is 0 Å². The molecule has 3 aromatic heterocycles. The first-order valence-corrected chi connectivity index (χ1v) is 12.3. The van der Waals surface area contributed by atoms with E-state index in [1.165, 1.54) is 18.3 Å². The molecule has 192 valence electrons. The molecule has 5 rings (SSSR count). The second kappa shape index (κ2) is 8.88. The van der Waals surface area contributed by atoms with Gasteiger partial charge in [-0.15, -0.1) is 0 Å². The number of hydrogen-bond donors (Lipinski definition) is 2. The average molecular weight is 535 g/mol. The van der Waals surface area contributed by atoms with Crippen LogP contribution in [0.1, 0.15) is 24.4 Å². The maximum Gasteiger partial charge on any atom is 0.451 e. The number of sulfonamides is 1. The minimum absolute atomic E-state index is 0.0679. The molecule has 0 radical (unpaired) electrons. The molecule has 4 aromatic rings. The number of carbonyl (C=O) groups is 1. The van der Waals surface area contributed by atoms with Crippen molar-refractivity contribution in [1.29, 1.82) is 0 Å². The molecule has 9 nitrogen and oxygen atoms in total. The lowest BCUT2D eigenvalue weighted by Crippen LogP contribution is -2.48. The molecule has 0 unspecified atom stereocenters. The van der Waals surface area contributed by atoms with E-state index in [-0.39, 0.29) is 30.4 Å². The van der Waals surface area contributed by atoms with Crippen molar-refractivity contribution >= 4 is 26.9 Å². The zero-order valence-electron chi connectivity index (χ0n) is 18.7. The van der Waals surface area contributed by atoms with Gasteiger partial charge in [-0.25, -0.2) is 22.8 Å². The molecule has 0 aliphatic heterocycles. The van der Waals surface area contributed by atoms with E-state index in [0.29, 0.717) is 16.8 Å². The second-order valence-corrected chi connectivity index (χ2v) is 10.1. The van der Waals surface area contributed by atoms with E-state index in [9.17, 15) is 30.8 Å². The first kappa shape index (κ1) is 24.8. The number of aromatic nitrogens is 3. The predicted molar refractivity (Wildman–Crippen MR) is 121 cm³/mol. The van der Waals surface area contributed by atoms with Crippen LogP contribution < -0.4 is 10.0 Å². The highest BCUT2D eigenvalue weighted by Gasteiger charge is 2.53. The Balaban J connectivity index is 1.26. The molecular formula is C23H17F4N5O4S. The van der Waals surface area contributed by atoms with Crippen LogP contribution in [-0.2, 0) is 27.5 Å². The van der Waals surface area contributed by atoms with Crippen LogP contribution >= 0.6 is 0 Å². The molecular weight excluding hydrogens is 518 g/mol. The zero-order chi connectivity index (χ0) is 26.4. The third kappa shape index (κ3) is 5.15. The Labute approximate surface area is 207 Å². The molecule has 37 heavy (non-hydrogen) atoms. The van der Waals surface area contributed by atoms with Gasteiger partial charge in [0.1, 0.15) is 16.9 Å². The van der Waals surface area contributed by atoms with Gasteiger partial charge in [-0.2, -0.15) is 17.9 Å². The summed E-state index contributed by atoms with van der Waals surface area (Å²) in [6.07, 6.45) is -0.669. The number of pyridine rings is 1. The van der Waals surface area contributed by atoms with Crippen molar-refractivity contribution in [3.8, 4) is 11.1 Å². The Morgan fingerprint density at radius 2 is 1.76 bits per heavy atom. The first-order valence-electron chi connectivity index (χ1n) is 10.8. The molecule has 1 saturated carbocycles. The van der Waals surface area contributed by atoms with E-state index in [2.05, 4.69) is 25.0 Å². The minimum atomic E-state index is -4.66. The SMILES string of the molecule is O=C(NCc1cc(-c2cnc(C(F)(F)F)nc2)ccn1)C1(NS(=O)(=O)c2cc3cc(F)ccc3o2)CC1. The maximum absolute atomic E-state index is 13.4. The van der Waals surface area contributed by atoms with Gasteiger partial charge in [0.25, 0.3) is 10.0 Å². The summed E-state index contributed by atoms with van der Waals surface area (Å²) in [5.74, 6) is -2.39. The molecule has 0 spiro atoms. The Morgan fingerprint density at radius 3 is 2.43 bits per heavy atom. The Kier molecular flexibility index (Phi) is 5.95. The van der Waals surface area contributed by atoms with Crippen LogP contribution in [0.5, 0.6) is 0 Å². The average Bonchev–Trinajstić information content (AvgIpc) is 3.49. The Bertz CT molecular complexity index is 1600. The summed E-state index contributed by atoms with van der Waals surface area (Å²) in [5, 5.41) is 2.45. The third-order valence-corrected chi connectivity index (χ3v) is 7.11. The van der Waals surface area contributed by atoms with Crippen molar-refractivity contribution in [2.75, 3.05) is 0 Å². The monoisotopic (exact) mass is 535 g/mol. The summed E-state index contributed by atoms with van der Waals surface area (Å²) in [6.45, 7) is -0.0679. The largest absolute Gasteiger partial charge is 0.451 e. The number of hydrogen-bond acceptors (Lipinski definition) is 7. The number of alkyl halides is 3. The molecule has 0 atom stereocenters. The molecule has 3 heterocycles. The number of benzene rings is 1. The predicted octanol–water partition coefficient (Wildman–Crippen LogP) is 3.57. The lowest BCUT2D eigenvalue weighted by molar-refractivity contribution is -0.145. The van der Waals surface area contributed by atoms with E-state index < -0.39 is 44.4 Å². The number of furan rings is 1. The van der Waals surface area contributed by atoms with E-state index in [4.69, 9.17) is 4.42 Å². The fourth-order valence-corrected chi connectivity index (χ4v) is 5.04. The van der Waals surface area contributed by atoms with E-state index >= 15 is 0 Å². The van der Waals surface area contributed by atoms with Crippen LogP contribution in [0.4, 0.5) is 17.6 Å².